The van der Waals surface area contributed by atoms with Crippen molar-refractivity contribution in [3.63, 3.8) is 0 Å². The van der Waals surface area contributed by atoms with E-state index in [-0.39, 0.29) is 5.69 Å². The molecule has 0 spiro atoms. The number of piperazine rings is 1. The molecule has 23 heavy (non-hydrogen) atoms. The summed E-state index contributed by atoms with van der Waals surface area (Å²) in [4.78, 5) is 25.7. The zero-order valence-corrected chi connectivity index (χ0v) is 13.0. The SMILES string of the molecule is CCOC(=O)/C=C(/N)N1CCN(c2ccc([N+](=O)[O-])cc2)CC1. The summed E-state index contributed by atoms with van der Waals surface area (Å²) in [5.41, 5.74) is 6.92. The molecule has 0 amide bonds. The molecule has 0 aliphatic carbocycles. The number of esters is 1. The highest BCUT2D eigenvalue weighted by molar-refractivity contribution is 5.82. The highest BCUT2D eigenvalue weighted by Gasteiger charge is 2.19. The normalized spacial score (nSPS) is 15.4. The smallest absolute Gasteiger partial charge is 0.334 e. The topological polar surface area (TPSA) is 102 Å². The number of hydrogen-bond acceptors (Lipinski definition) is 7. The number of benzene rings is 1. The third-order valence-electron chi connectivity index (χ3n) is 3.62. The molecular formula is C15H20N4O4. The van der Waals surface area contributed by atoms with Gasteiger partial charge in [-0.05, 0) is 19.1 Å². The number of ether oxygens (including phenoxy) is 1. The Morgan fingerprint density at radius 1 is 1.30 bits per heavy atom. The quantitative estimate of drug-likeness (QED) is 0.375. The minimum Gasteiger partial charge on any atom is -0.463 e. The van der Waals surface area contributed by atoms with Gasteiger partial charge in [0.05, 0.1) is 17.6 Å². The highest BCUT2D eigenvalue weighted by atomic mass is 16.6. The maximum absolute atomic E-state index is 11.4. The number of nitrogens with two attached hydrogens (primary N) is 1. The van der Waals surface area contributed by atoms with Crippen molar-refractivity contribution in [3.05, 3.63) is 46.3 Å². The first-order valence-corrected chi connectivity index (χ1v) is 7.39. The maximum atomic E-state index is 11.4. The van der Waals surface area contributed by atoms with E-state index >= 15 is 0 Å². The van der Waals surface area contributed by atoms with Crippen molar-refractivity contribution in [2.75, 3.05) is 37.7 Å². The van der Waals surface area contributed by atoms with E-state index in [2.05, 4.69) is 4.90 Å². The minimum atomic E-state index is -0.442. The van der Waals surface area contributed by atoms with E-state index in [0.29, 0.717) is 25.5 Å². The summed E-state index contributed by atoms with van der Waals surface area (Å²) >= 11 is 0. The second-order valence-electron chi connectivity index (χ2n) is 5.07. The van der Waals surface area contributed by atoms with E-state index < -0.39 is 10.9 Å². The Morgan fingerprint density at radius 2 is 1.91 bits per heavy atom. The van der Waals surface area contributed by atoms with Gasteiger partial charge >= 0.3 is 5.97 Å². The Kier molecular flexibility index (Phi) is 5.40. The summed E-state index contributed by atoms with van der Waals surface area (Å²) in [7, 11) is 0. The number of rotatable bonds is 5. The molecule has 0 saturated carbocycles. The van der Waals surface area contributed by atoms with Crippen LogP contribution in [0.4, 0.5) is 11.4 Å². The number of carbonyl (C=O) groups is 1. The van der Waals surface area contributed by atoms with Crippen LogP contribution in [0.25, 0.3) is 0 Å². The van der Waals surface area contributed by atoms with Gasteiger partial charge in [-0.15, -0.1) is 0 Å². The van der Waals surface area contributed by atoms with Crippen LogP contribution in [0.1, 0.15) is 6.92 Å². The van der Waals surface area contributed by atoms with Crippen molar-refractivity contribution in [2.24, 2.45) is 5.73 Å². The molecule has 8 heteroatoms. The maximum Gasteiger partial charge on any atom is 0.334 e. The van der Waals surface area contributed by atoms with Crippen molar-refractivity contribution in [1.82, 2.24) is 4.90 Å². The fourth-order valence-corrected chi connectivity index (χ4v) is 2.40. The van der Waals surface area contributed by atoms with Crippen LogP contribution in [-0.4, -0.2) is 48.6 Å². The lowest BCUT2D eigenvalue weighted by Crippen LogP contribution is -2.47. The first-order chi connectivity index (χ1) is 11.0. The molecule has 0 aromatic heterocycles. The van der Waals surface area contributed by atoms with Gasteiger partial charge in [-0.2, -0.15) is 0 Å². The molecule has 2 rings (SSSR count). The van der Waals surface area contributed by atoms with Crippen LogP contribution in [0, 0.1) is 10.1 Å². The number of carbonyl (C=O) groups excluding carboxylic acids is 1. The van der Waals surface area contributed by atoms with Gasteiger partial charge in [-0.3, -0.25) is 10.1 Å². The molecule has 8 nitrogen and oxygen atoms in total. The molecule has 0 unspecified atom stereocenters. The van der Waals surface area contributed by atoms with Crippen LogP contribution >= 0.6 is 0 Å². The lowest BCUT2D eigenvalue weighted by Gasteiger charge is -2.37. The van der Waals surface area contributed by atoms with Crippen LogP contribution < -0.4 is 10.6 Å². The number of non-ortho nitro benzene ring substituents is 1. The predicted molar refractivity (Wildman–Crippen MR) is 85.8 cm³/mol. The average Bonchev–Trinajstić information content (AvgIpc) is 2.55. The monoisotopic (exact) mass is 320 g/mol. The van der Waals surface area contributed by atoms with Crippen LogP contribution in [0.5, 0.6) is 0 Å². The summed E-state index contributed by atoms with van der Waals surface area (Å²) in [5, 5.41) is 10.7. The summed E-state index contributed by atoms with van der Waals surface area (Å²) < 4.78 is 4.84. The molecule has 1 aliphatic heterocycles. The van der Waals surface area contributed by atoms with Gasteiger partial charge in [0.1, 0.15) is 5.82 Å². The molecule has 0 radical (unpaired) electrons. The molecular weight excluding hydrogens is 300 g/mol. The summed E-state index contributed by atoms with van der Waals surface area (Å²) in [6.07, 6.45) is 1.30. The number of nitro benzene ring substituents is 1. The fourth-order valence-electron chi connectivity index (χ4n) is 2.40. The highest BCUT2D eigenvalue weighted by Crippen LogP contribution is 2.21. The number of nitro groups is 1. The van der Waals surface area contributed by atoms with E-state index in [9.17, 15) is 14.9 Å². The van der Waals surface area contributed by atoms with Crippen molar-refractivity contribution < 1.29 is 14.5 Å². The van der Waals surface area contributed by atoms with E-state index in [1.807, 2.05) is 4.90 Å². The Hall–Kier alpha value is -2.77. The number of hydrogen-bond donors (Lipinski definition) is 1. The van der Waals surface area contributed by atoms with Gasteiger partial charge < -0.3 is 20.3 Å². The standard InChI is InChI=1S/C15H20N4O4/c1-2-23-15(20)11-14(16)18-9-7-17(8-10-18)12-3-5-13(6-4-12)19(21)22/h3-6,11H,2,7-10,16H2,1H3/b14-11-. The Morgan fingerprint density at radius 3 is 2.43 bits per heavy atom. The van der Waals surface area contributed by atoms with Crippen molar-refractivity contribution in [2.45, 2.75) is 6.92 Å². The molecule has 124 valence electrons. The van der Waals surface area contributed by atoms with Gasteiger partial charge in [0.25, 0.3) is 5.69 Å². The minimum absolute atomic E-state index is 0.0778. The largest absolute Gasteiger partial charge is 0.463 e. The molecule has 0 atom stereocenters. The molecule has 1 saturated heterocycles. The number of anilines is 1. The van der Waals surface area contributed by atoms with E-state index in [1.165, 1.54) is 18.2 Å². The third-order valence-corrected chi connectivity index (χ3v) is 3.62. The predicted octanol–water partition coefficient (Wildman–Crippen LogP) is 1.08. The van der Waals surface area contributed by atoms with Gasteiger partial charge in [-0.1, -0.05) is 0 Å². The zero-order valence-electron chi connectivity index (χ0n) is 13.0. The number of nitrogens with zero attached hydrogens (tertiary/aromatic N) is 3. The van der Waals surface area contributed by atoms with Crippen LogP contribution in [-0.2, 0) is 9.53 Å². The van der Waals surface area contributed by atoms with E-state index in [0.717, 1.165) is 18.8 Å². The Balaban J connectivity index is 1.93. The lowest BCUT2D eigenvalue weighted by molar-refractivity contribution is -0.384. The Labute approximate surface area is 134 Å². The molecule has 1 aromatic carbocycles. The third kappa shape index (κ3) is 4.35. The zero-order chi connectivity index (χ0) is 16.8. The van der Waals surface area contributed by atoms with Gasteiger partial charge in [0.15, 0.2) is 0 Å². The van der Waals surface area contributed by atoms with E-state index in [1.54, 1.807) is 19.1 Å². The molecule has 1 fully saturated rings. The average molecular weight is 320 g/mol. The Bertz CT molecular complexity index is 592. The first-order valence-electron chi connectivity index (χ1n) is 7.39. The van der Waals surface area contributed by atoms with Gasteiger partial charge in [-0.25, -0.2) is 4.79 Å². The second-order valence-corrected chi connectivity index (χ2v) is 5.07. The van der Waals surface area contributed by atoms with Crippen molar-refractivity contribution >= 4 is 17.3 Å². The van der Waals surface area contributed by atoms with Crippen LogP contribution in [0.15, 0.2) is 36.2 Å². The lowest BCUT2D eigenvalue weighted by atomic mass is 10.2. The second kappa shape index (κ2) is 7.48. The first kappa shape index (κ1) is 16.6. The summed E-state index contributed by atoms with van der Waals surface area (Å²) in [5.74, 6) is -0.0467. The van der Waals surface area contributed by atoms with E-state index in [4.69, 9.17) is 10.5 Å². The molecule has 0 bridgehead atoms. The molecule has 1 aliphatic rings. The molecule has 1 aromatic rings. The summed E-state index contributed by atoms with van der Waals surface area (Å²) in [6, 6.07) is 6.48. The fraction of sp³-hybridized carbons (Fsp3) is 0.400. The van der Waals surface area contributed by atoms with Crippen molar-refractivity contribution in [1.29, 1.82) is 0 Å². The van der Waals surface area contributed by atoms with Crippen LogP contribution in [0.2, 0.25) is 0 Å². The van der Waals surface area contributed by atoms with Gasteiger partial charge in [0.2, 0.25) is 0 Å². The molecule has 1 heterocycles. The van der Waals surface area contributed by atoms with Crippen molar-refractivity contribution in [3.8, 4) is 0 Å². The van der Waals surface area contributed by atoms with Crippen LogP contribution in [0.3, 0.4) is 0 Å². The molecule has 2 N–H and O–H groups in total. The van der Waals surface area contributed by atoms with Gasteiger partial charge in [0, 0.05) is 44.0 Å². The summed E-state index contributed by atoms with van der Waals surface area (Å²) in [6.45, 7) is 4.82.